The fourth-order valence-corrected chi connectivity index (χ4v) is 6.25. The first-order chi connectivity index (χ1) is 13.6. The van der Waals surface area contributed by atoms with E-state index in [-0.39, 0.29) is 18.3 Å². The molecule has 0 bridgehead atoms. The molecular weight excluding hydrogens is 424 g/mol. The summed E-state index contributed by atoms with van der Waals surface area (Å²) in [7, 11) is 0. The molecule has 1 aliphatic carbocycles. The van der Waals surface area contributed by atoms with E-state index in [2.05, 4.69) is 16.8 Å². The van der Waals surface area contributed by atoms with Crippen molar-refractivity contribution in [2.24, 2.45) is 5.92 Å². The van der Waals surface area contributed by atoms with E-state index in [1.807, 2.05) is 22.4 Å². The number of halogens is 1. The van der Waals surface area contributed by atoms with Gasteiger partial charge in [-0.1, -0.05) is 13.0 Å². The smallest absolute Gasteiger partial charge is 0.263 e. The van der Waals surface area contributed by atoms with E-state index in [0.717, 1.165) is 61.9 Å². The number of carbonyl (C=O) groups excluding carboxylic acids is 1. The van der Waals surface area contributed by atoms with Gasteiger partial charge in [0.2, 0.25) is 0 Å². The number of piperidine rings is 1. The molecule has 4 rings (SSSR count). The second-order valence-electron chi connectivity index (χ2n) is 8.03. The first-order valence-electron chi connectivity index (χ1n) is 10.4. The van der Waals surface area contributed by atoms with Crippen LogP contribution in [0.3, 0.4) is 0 Å². The average molecular weight is 455 g/mol. The lowest BCUT2D eigenvalue weighted by Gasteiger charge is -2.39. The van der Waals surface area contributed by atoms with Crippen molar-refractivity contribution in [3.63, 3.8) is 0 Å². The normalized spacial score (nSPS) is 19.8. The van der Waals surface area contributed by atoms with Crippen molar-refractivity contribution in [3.8, 4) is 0 Å². The van der Waals surface area contributed by atoms with Gasteiger partial charge in [-0.25, -0.2) is 4.98 Å². The quantitative estimate of drug-likeness (QED) is 0.705. The Morgan fingerprint density at radius 2 is 2.14 bits per heavy atom. The molecule has 1 fully saturated rings. The number of thiophene rings is 1. The van der Waals surface area contributed by atoms with E-state index in [9.17, 15) is 4.79 Å². The number of nitrogen functional groups attached to an aromatic ring is 1. The minimum absolute atomic E-state index is 0. The summed E-state index contributed by atoms with van der Waals surface area (Å²) in [5.41, 5.74) is 7.15. The molecule has 5 nitrogen and oxygen atoms in total. The van der Waals surface area contributed by atoms with Gasteiger partial charge in [0.25, 0.3) is 5.91 Å². The van der Waals surface area contributed by atoms with Crippen LogP contribution in [0.25, 0.3) is 0 Å². The van der Waals surface area contributed by atoms with Gasteiger partial charge in [-0.2, -0.15) is 0 Å². The van der Waals surface area contributed by atoms with Crippen LogP contribution in [0.5, 0.6) is 0 Å². The van der Waals surface area contributed by atoms with E-state index in [1.54, 1.807) is 22.7 Å². The minimum Gasteiger partial charge on any atom is -0.375 e. The second-order valence-corrected chi connectivity index (χ2v) is 10.1. The number of nitrogens with two attached hydrogens (primary N) is 1. The molecule has 0 unspecified atom stereocenters. The SMILES string of the molecule is CCCN(CC1CCN(C(=O)c2cccs2)CC1)[C@H]1CCc2nc(N)sc2C1.Cl. The zero-order valence-corrected chi connectivity index (χ0v) is 19.5. The molecule has 2 aromatic heterocycles. The summed E-state index contributed by atoms with van der Waals surface area (Å²) in [6.45, 7) is 6.36. The summed E-state index contributed by atoms with van der Waals surface area (Å²) in [5.74, 6) is 0.897. The molecule has 2 aromatic rings. The molecule has 1 atom stereocenters. The van der Waals surface area contributed by atoms with Crippen LogP contribution in [-0.2, 0) is 12.8 Å². The third kappa shape index (κ3) is 5.32. The summed E-state index contributed by atoms with van der Waals surface area (Å²) in [4.78, 5) is 24.1. The Morgan fingerprint density at radius 3 is 2.83 bits per heavy atom. The second kappa shape index (κ2) is 10.2. The fourth-order valence-electron chi connectivity index (χ4n) is 4.61. The van der Waals surface area contributed by atoms with Crippen molar-refractivity contribution in [2.45, 2.75) is 51.5 Å². The maximum atomic E-state index is 12.6. The van der Waals surface area contributed by atoms with Gasteiger partial charge >= 0.3 is 0 Å². The van der Waals surface area contributed by atoms with Crippen molar-refractivity contribution < 1.29 is 4.79 Å². The standard InChI is InChI=1S/C21H30N4OS2.ClH/c1-2-9-25(16-5-6-17-19(13-16)28-21(22)23-17)14-15-7-10-24(11-8-15)20(26)18-4-3-12-27-18;/h3-4,12,15-16H,2,5-11,13-14H2,1H3,(H2,22,23);1H/t16-;/m0./s1. The summed E-state index contributed by atoms with van der Waals surface area (Å²) in [5, 5.41) is 2.70. The third-order valence-electron chi connectivity index (χ3n) is 6.08. The molecule has 160 valence electrons. The lowest BCUT2D eigenvalue weighted by Crippen LogP contribution is -2.45. The first-order valence-corrected chi connectivity index (χ1v) is 12.1. The number of likely N-dealkylation sites (tertiary alicyclic amines) is 1. The van der Waals surface area contributed by atoms with Crippen LogP contribution in [0, 0.1) is 5.92 Å². The van der Waals surface area contributed by atoms with Crippen molar-refractivity contribution in [3.05, 3.63) is 33.0 Å². The van der Waals surface area contributed by atoms with Crippen molar-refractivity contribution in [2.75, 3.05) is 31.9 Å². The number of aryl methyl sites for hydroxylation is 1. The highest BCUT2D eigenvalue weighted by molar-refractivity contribution is 7.15. The van der Waals surface area contributed by atoms with Crippen molar-refractivity contribution in [1.82, 2.24) is 14.8 Å². The van der Waals surface area contributed by atoms with E-state index in [4.69, 9.17) is 5.73 Å². The van der Waals surface area contributed by atoms with Crippen LogP contribution in [-0.4, -0.2) is 52.9 Å². The van der Waals surface area contributed by atoms with Gasteiger partial charge in [-0.3, -0.25) is 9.69 Å². The number of anilines is 1. The van der Waals surface area contributed by atoms with Crippen LogP contribution < -0.4 is 5.73 Å². The monoisotopic (exact) mass is 454 g/mol. The van der Waals surface area contributed by atoms with Crippen molar-refractivity contribution in [1.29, 1.82) is 0 Å². The van der Waals surface area contributed by atoms with Crippen LogP contribution in [0.1, 0.15) is 52.8 Å². The van der Waals surface area contributed by atoms with Gasteiger partial charge in [-0.05, 0) is 62.4 Å². The highest BCUT2D eigenvalue weighted by atomic mass is 35.5. The lowest BCUT2D eigenvalue weighted by molar-refractivity contribution is 0.0647. The average Bonchev–Trinajstić information content (AvgIpc) is 3.36. The van der Waals surface area contributed by atoms with Crippen molar-refractivity contribution >= 4 is 46.1 Å². The highest BCUT2D eigenvalue weighted by Gasteiger charge is 2.30. The molecular formula is C21H31ClN4OS2. The number of hydrogen-bond acceptors (Lipinski definition) is 6. The van der Waals surface area contributed by atoms with Crippen LogP contribution in [0.15, 0.2) is 17.5 Å². The number of thiazole rings is 1. The summed E-state index contributed by atoms with van der Waals surface area (Å²) in [6.07, 6.45) is 6.75. The minimum atomic E-state index is 0. The third-order valence-corrected chi connectivity index (χ3v) is 7.89. The zero-order chi connectivity index (χ0) is 19.5. The Kier molecular flexibility index (Phi) is 7.96. The van der Waals surface area contributed by atoms with Gasteiger partial charge in [-0.15, -0.1) is 35.1 Å². The topological polar surface area (TPSA) is 62.5 Å². The largest absolute Gasteiger partial charge is 0.375 e. The Labute approximate surface area is 187 Å². The number of hydrogen-bond donors (Lipinski definition) is 1. The fraction of sp³-hybridized carbons (Fsp3) is 0.619. The van der Waals surface area contributed by atoms with Crippen LogP contribution >= 0.6 is 35.1 Å². The summed E-state index contributed by atoms with van der Waals surface area (Å²) in [6, 6.07) is 4.50. The van der Waals surface area contributed by atoms with Crippen LogP contribution in [0.4, 0.5) is 5.13 Å². The molecule has 0 spiro atoms. The summed E-state index contributed by atoms with van der Waals surface area (Å²) < 4.78 is 0. The maximum absolute atomic E-state index is 12.6. The molecule has 1 saturated heterocycles. The van der Waals surface area contributed by atoms with Gasteiger partial charge < -0.3 is 10.6 Å². The molecule has 0 aromatic carbocycles. The molecule has 3 heterocycles. The number of rotatable bonds is 6. The van der Waals surface area contributed by atoms with E-state index in [0.29, 0.717) is 12.0 Å². The Balaban J connectivity index is 0.00000240. The molecule has 0 saturated carbocycles. The highest BCUT2D eigenvalue weighted by Crippen LogP contribution is 2.31. The van der Waals surface area contributed by atoms with Gasteiger partial charge in [0, 0.05) is 30.6 Å². The molecule has 1 aliphatic heterocycles. The Morgan fingerprint density at radius 1 is 1.34 bits per heavy atom. The maximum Gasteiger partial charge on any atom is 0.263 e. The van der Waals surface area contributed by atoms with Gasteiger partial charge in [0.05, 0.1) is 10.6 Å². The number of nitrogens with zero attached hydrogens (tertiary/aromatic N) is 3. The predicted molar refractivity (Wildman–Crippen MR) is 124 cm³/mol. The number of fused-ring (bicyclic) bond motifs is 1. The van der Waals surface area contributed by atoms with E-state index < -0.39 is 0 Å². The zero-order valence-electron chi connectivity index (χ0n) is 17.0. The lowest BCUT2D eigenvalue weighted by atomic mass is 9.92. The molecule has 8 heteroatoms. The molecule has 2 aliphatic rings. The number of amides is 1. The van der Waals surface area contributed by atoms with E-state index in [1.165, 1.54) is 23.4 Å². The van der Waals surface area contributed by atoms with Gasteiger partial charge in [0.1, 0.15) is 0 Å². The molecule has 0 radical (unpaired) electrons. The van der Waals surface area contributed by atoms with Crippen LogP contribution in [0.2, 0.25) is 0 Å². The number of aromatic nitrogens is 1. The number of carbonyl (C=O) groups is 1. The first kappa shape index (κ1) is 22.5. The molecule has 2 N–H and O–H groups in total. The molecule has 29 heavy (non-hydrogen) atoms. The Hall–Kier alpha value is -1.15. The summed E-state index contributed by atoms with van der Waals surface area (Å²) >= 11 is 3.22. The van der Waals surface area contributed by atoms with Gasteiger partial charge in [0.15, 0.2) is 5.13 Å². The molecule has 1 amide bonds. The predicted octanol–water partition coefficient (Wildman–Crippen LogP) is 4.33. The Bertz CT molecular complexity index is 787. The van der Waals surface area contributed by atoms with E-state index >= 15 is 0 Å².